The summed E-state index contributed by atoms with van der Waals surface area (Å²) < 4.78 is 5.56. The molecule has 3 saturated heterocycles. The zero-order valence-corrected chi connectivity index (χ0v) is 13.6. The Kier molecular flexibility index (Phi) is 5.18. The molecule has 0 unspecified atom stereocenters. The van der Waals surface area contributed by atoms with E-state index in [1.54, 1.807) is 4.90 Å². The van der Waals surface area contributed by atoms with Gasteiger partial charge in [-0.3, -0.25) is 9.59 Å². The zero-order chi connectivity index (χ0) is 16.3. The molecule has 1 spiro atoms. The summed E-state index contributed by atoms with van der Waals surface area (Å²) >= 11 is 0. The Morgan fingerprint density at radius 2 is 2.13 bits per heavy atom. The minimum Gasteiger partial charge on any atom is -0.395 e. The monoisotopic (exact) mass is 325 g/mol. The maximum Gasteiger partial charge on any atom is 0.253 e. The largest absolute Gasteiger partial charge is 0.395 e. The lowest BCUT2D eigenvalue weighted by atomic mass is 9.72. The number of likely N-dealkylation sites (tertiary alicyclic amines) is 2. The lowest BCUT2D eigenvalue weighted by Crippen LogP contribution is -2.55. The lowest BCUT2D eigenvalue weighted by molar-refractivity contribution is -0.150. The fourth-order valence-electron chi connectivity index (χ4n) is 3.96. The Morgan fingerprint density at radius 1 is 1.35 bits per heavy atom. The van der Waals surface area contributed by atoms with Gasteiger partial charge in [0.15, 0.2) is 0 Å². The molecule has 0 aromatic heterocycles. The number of β-amino-alcohol motifs (C(OH)–C–C–N with tert-alkyl or cyclic N) is 1. The first kappa shape index (κ1) is 16.7. The molecule has 23 heavy (non-hydrogen) atoms. The van der Waals surface area contributed by atoms with Crippen molar-refractivity contribution < 1.29 is 19.4 Å². The molecule has 2 N–H and O–H groups in total. The minimum atomic E-state index is -0.350. The van der Waals surface area contributed by atoms with Crippen molar-refractivity contribution in [2.24, 2.45) is 5.41 Å². The van der Waals surface area contributed by atoms with Crippen molar-refractivity contribution in [2.75, 3.05) is 52.5 Å². The summed E-state index contributed by atoms with van der Waals surface area (Å²) in [7, 11) is 0. The van der Waals surface area contributed by atoms with Crippen LogP contribution in [0.15, 0.2) is 0 Å². The van der Waals surface area contributed by atoms with Crippen LogP contribution in [-0.2, 0) is 14.3 Å². The third kappa shape index (κ3) is 3.67. The lowest BCUT2D eigenvalue weighted by Gasteiger charge is -2.47. The molecule has 7 nitrogen and oxygen atoms in total. The van der Waals surface area contributed by atoms with Gasteiger partial charge in [-0.25, -0.2) is 0 Å². The van der Waals surface area contributed by atoms with E-state index in [2.05, 4.69) is 5.32 Å². The smallest absolute Gasteiger partial charge is 0.253 e. The first-order chi connectivity index (χ1) is 11.1. The molecule has 3 aliphatic heterocycles. The van der Waals surface area contributed by atoms with Crippen LogP contribution in [0, 0.1) is 5.41 Å². The number of nitrogens with one attached hydrogen (secondary N) is 1. The number of morpholine rings is 1. The normalized spacial score (nSPS) is 28.2. The van der Waals surface area contributed by atoms with E-state index < -0.39 is 0 Å². The number of nitrogens with zero attached hydrogens (tertiary/aromatic N) is 2. The average molecular weight is 325 g/mol. The number of aliphatic hydroxyl groups excluding tert-OH is 1. The molecule has 0 radical (unpaired) electrons. The minimum absolute atomic E-state index is 0.0124. The van der Waals surface area contributed by atoms with Gasteiger partial charge in [-0.2, -0.15) is 0 Å². The van der Waals surface area contributed by atoms with Gasteiger partial charge in [0.05, 0.1) is 13.2 Å². The summed E-state index contributed by atoms with van der Waals surface area (Å²) in [5.74, 6) is 0.232. The van der Waals surface area contributed by atoms with Gasteiger partial charge in [-0.05, 0) is 24.7 Å². The summed E-state index contributed by atoms with van der Waals surface area (Å²) in [6, 6.07) is 0. The summed E-state index contributed by atoms with van der Waals surface area (Å²) in [4.78, 5) is 28.1. The molecular formula is C16H27N3O4. The number of aliphatic hydroxyl groups is 1. The average Bonchev–Trinajstić information content (AvgIpc) is 2.59. The van der Waals surface area contributed by atoms with Crippen LogP contribution in [0.3, 0.4) is 0 Å². The van der Waals surface area contributed by atoms with Crippen LogP contribution < -0.4 is 5.32 Å². The van der Waals surface area contributed by atoms with Crippen LogP contribution in [0.4, 0.5) is 0 Å². The van der Waals surface area contributed by atoms with E-state index >= 15 is 0 Å². The van der Waals surface area contributed by atoms with Gasteiger partial charge in [0, 0.05) is 45.7 Å². The van der Waals surface area contributed by atoms with Crippen LogP contribution in [0.25, 0.3) is 0 Å². The van der Waals surface area contributed by atoms with Crippen molar-refractivity contribution in [1.82, 2.24) is 15.1 Å². The van der Waals surface area contributed by atoms with Gasteiger partial charge >= 0.3 is 0 Å². The van der Waals surface area contributed by atoms with Gasteiger partial charge in [-0.1, -0.05) is 0 Å². The van der Waals surface area contributed by atoms with Crippen LogP contribution >= 0.6 is 0 Å². The number of hydrogen-bond donors (Lipinski definition) is 2. The topological polar surface area (TPSA) is 82.1 Å². The second-order valence-electron chi connectivity index (χ2n) is 6.93. The van der Waals surface area contributed by atoms with E-state index in [0.29, 0.717) is 26.1 Å². The van der Waals surface area contributed by atoms with Gasteiger partial charge in [0.1, 0.15) is 6.10 Å². The van der Waals surface area contributed by atoms with E-state index in [0.717, 1.165) is 45.4 Å². The molecule has 130 valence electrons. The molecule has 3 heterocycles. The zero-order valence-electron chi connectivity index (χ0n) is 13.6. The predicted octanol–water partition coefficient (Wildman–Crippen LogP) is -0.802. The van der Waals surface area contributed by atoms with E-state index in [4.69, 9.17) is 9.84 Å². The third-order valence-electron chi connectivity index (χ3n) is 5.46. The van der Waals surface area contributed by atoms with Crippen molar-refractivity contribution in [3.8, 4) is 0 Å². The maximum atomic E-state index is 12.5. The van der Waals surface area contributed by atoms with Crippen LogP contribution in [-0.4, -0.2) is 85.3 Å². The number of hydrogen-bond acceptors (Lipinski definition) is 5. The molecule has 0 aromatic rings. The Balaban J connectivity index is 1.55. The Labute approximate surface area is 136 Å². The van der Waals surface area contributed by atoms with Crippen molar-refractivity contribution in [1.29, 1.82) is 0 Å². The molecule has 2 amide bonds. The highest BCUT2D eigenvalue weighted by Crippen LogP contribution is 2.40. The quantitative estimate of drug-likeness (QED) is 0.710. The van der Waals surface area contributed by atoms with Gasteiger partial charge in [0.25, 0.3) is 5.91 Å². The number of ether oxygens (including phenoxy) is 1. The standard InChI is InChI=1S/C16H27N3O4/c20-9-8-19-12-16(2-1-14(19)21)3-6-18(7-4-16)15(22)13-11-17-5-10-23-13/h13,17,20H,1-12H2/t13-/m1/s1. The van der Waals surface area contributed by atoms with Gasteiger partial charge in [-0.15, -0.1) is 0 Å². The maximum absolute atomic E-state index is 12.5. The molecule has 3 fully saturated rings. The SMILES string of the molecule is O=C1CCC2(CCN(C(=O)[C@H]3CNCCO3)CC2)CN1CCO. The molecule has 0 aromatic carbocycles. The molecule has 0 saturated carbocycles. The Bertz CT molecular complexity index is 443. The molecule has 1 atom stereocenters. The highest BCUT2D eigenvalue weighted by molar-refractivity contribution is 5.81. The number of piperidine rings is 2. The third-order valence-corrected chi connectivity index (χ3v) is 5.46. The van der Waals surface area contributed by atoms with E-state index in [1.807, 2.05) is 4.90 Å². The Morgan fingerprint density at radius 3 is 2.78 bits per heavy atom. The van der Waals surface area contributed by atoms with Crippen LogP contribution in [0.5, 0.6) is 0 Å². The van der Waals surface area contributed by atoms with Crippen LogP contribution in [0.2, 0.25) is 0 Å². The van der Waals surface area contributed by atoms with E-state index in [-0.39, 0.29) is 29.9 Å². The van der Waals surface area contributed by atoms with E-state index in [1.165, 1.54) is 0 Å². The molecule has 0 aliphatic carbocycles. The second kappa shape index (κ2) is 7.15. The number of amides is 2. The molecular weight excluding hydrogens is 298 g/mol. The predicted molar refractivity (Wildman–Crippen MR) is 83.8 cm³/mol. The molecule has 7 heteroatoms. The summed E-state index contributed by atoms with van der Waals surface area (Å²) in [6.07, 6.45) is 2.96. The van der Waals surface area contributed by atoms with Crippen molar-refractivity contribution in [3.05, 3.63) is 0 Å². The molecule has 0 bridgehead atoms. The highest BCUT2D eigenvalue weighted by atomic mass is 16.5. The fraction of sp³-hybridized carbons (Fsp3) is 0.875. The highest BCUT2D eigenvalue weighted by Gasteiger charge is 2.42. The van der Waals surface area contributed by atoms with Crippen molar-refractivity contribution in [3.63, 3.8) is 0 Å². The number of carbonyl (C=O) groups is 2. The van der Waals surface area contributed by atoms with E-state index in [9.17, 15) is 9.59 Å². The number of carbonyl (C=O) groups excluding carboxylic acids is 2. The van der Waals surface area contributed by atoms with Crippen molar-refractivity contribution in [2.45, 2.75) is 31.8 Å². The summed E-state index contributed by atoms with van der Waals surface area (Å²) in [6.45, 7) is 4.62. The van der Waals surface area contributed by atoms with Gasteiger partial charge in [0.2, 0.25) is 5.91 Å². The number of rotatable bonds is 3. The van der Waals surface area contributed by atoms with Gasteiger partial charge < -0.3 is 25.0 Å². The van der Waals surface area contributed by atoms with Crippen molar-refractivity contribution >= 4 is 11.8 Å². The van der Waals surface area contributed by atoms with Crippen LogP contribution in [0.1, 0.15) is 25.7 Å². The Hall–Kier alpha value is -1.18. The summed E-state index contributed by atoms with van der Waals surface area (Å²) in [5, 5.41) is 12.3. The first-order valence-corrected chi connectivity index (χ1v) is 8.63. The fourth-order valence-corrected chi connectivity index (χ4v) is 3.96. The molecule has 3 rings (SSSR count). The second-order valence-corrected chi connectivity index (χ2v) is 6.93. The first-order valence-electron chi connectivity index (χ1n) is 8.63. The summed E-state index contributed by atoms with van der Waals surface area (Å²) in [5.41, 5.74) is 0.117. The molecule has 3 aliphatic rings.